The van der Waals surface area contributed by atoms with Crippen LogP contribution in [0.3, 0.4) is 0 Å². The summed E-state index contributed by atoms with van der Waals surface area (Å²) in [4.78, 5) is 27.8. The van der Waals surface area contributed by atoms with Crippen LogP contribution in [-0.2, 0) is 21.1 Å². The van der Waals surface area contributed by atoms with Gasteiger partial charge in [-0.3, -0.25) is 14.5 Å². The molecule has 1 heterocycles. The van der Waals surface area contributed by atoms with E-state index in [0.717, 1.165) is 57.3 Å². The highest BCUT2D eigenvalue weighted by atomic mass is 19.4. The van der Waals surface area contributed by atoms with Crippen molar-refractivity contribution in [2.45, 2.75) is 69.2 Å². The molecule has 214 valence electrons. The van der Waals surface area contributed by atoms with Crippen LogP contribution >= 0.6 is 0 Å². The number of fused-ring (bicyclic) bond motifs is 2. The molecule has 2 aliphatic carbocycles. The first-order chi connectivity index (χ1) is 19.2. The summed E-state index contributed by atoms with van der Waals surface area (Å²) in [5, 5.41) is 2.50. The Bertz CT molecular complexity index is 1250. The smallest absolute Gasteiger partial charge is 0.377 e. The molecule has 40 heavy (non-hydrogen) atoms. The largest absolute Gasteiger partial charge is 0.416 e. The summed E-state index contributed by atoms with van der Waals surface area (Å²) in [6.07, 6.45) is 5.60. The lowest BCUT2D eigenvalue weighted by atomic mass is 9.69. The number of halogens is 3. The first-order valence-corrected chi connectivity index (χ1v) is 14.3. The number of rotatable bonds is 9. The van der Waals surface area contributed by atoms with Crippen molar-refractivity contribution in [3.63, 3.8) is 0 Å². The molecule has 1 saturated carbocycles. The Balaban J connectivity index is 1.15. The Hall–Kier alpha value is -2.97. The lowest BCUT2D eigenvalue weighted by Gasteiger charge is -2.40. The third-order valence-electron chi connectivity index (χ3n) is 8.78. The molecule has 2 fully saturated rings. The van der Waals surface area contributed by atoms with Gasteiger partial charge in [0.05, 0.1) is 18.2 Å². The second kappa shape index (κ2) is 11.9. The number of alkyl halides is 3. The van der Waals surface area contributed by atoms with Crippen LogP contribution in [0.4, 0.5) is 13.2 Å². The summed E-state index contributed by atoms with van der Waals surface area (Å²) >= 11 is 0. The zero-order valence-electron chi connectivity index (χ0n) is 22.9. The highest BCUT2D eigenvalue weighted by Crippen LogP contribution is 2.47. The topological polar surface area (TPSA) is 58.6 Å². The van der Waals surface area contributed by atoms with E-state index in [0.29, 0.717) is 12.6 Å². The van der Waals surface area contributed by atoms with Gasteiger partial charge in [0.1, 0.15) is 0 Å². The normalized spacial score (nSPS) is 26.2. The van der Waals surface area contributed by atoms with Crippen molar-refractivity contribution in [2.24, 2.45) is 5.92 Å². The number of hydrogen-bond donors (Lipinski definition) is 1. The van der Waals surface area contributed by atoms with Gasteiger partial charge in [-0.25, -0.2) is 0 Å². The van der Waals surface area contributed by atoms with Gasteiger partial charge in [0.25, 0.3) is 5.91 Å². The van der Waals surface area contributed by atoms with Gasteiger partial charge in [0.2, 0.25) is 0 Å². The van der Waals surface area contributed by atoms with E-state index in [-0.39, 0.29) is 41.7 Å². The summed E-state index contributed by atoms with van der Waals surface area (Å²) in [7, 11) is 0. The van der Waals surface area contributed by atoms with Gasteiger partial charge in [-0.15, -0.1) is 0 Å². The molecule has 8 heteroatoms. The number of ether oxygens (including phenoxy) is 1. The molecule has 0 bridgehead atoms. The number of likely N-dealkylation sites (tertiary alicyclic amines) is 1. The fourth-order valence-corrected chi connectivity index (χ4v) is 6.66. The maximum Gasteiger partial charge on any atom is 0.416 e. The van der Waals surface area contributed by atoms with Crippen molar-refractivity contribution in [1.29, 1.82) is 0 Å². The van der Waals surface area contributed by atoms with Crippen LogP contribution in [0.5, 0.6) is 0 Å². The van der Waals surface area contributed by atoms with Gasteiger partial charge in [0.15, 0.2) is 5.78 Å². The van der Waals surface area contributed by atoms with Crippen molar-refractivity contribution >= 4 is 17.8 Å². The van der Waals surface area contributed by atoms with Gasteiger partial charge in [-0.1, -0.05) is 49.4 Å². The van der Waals surface area contributed by atoms with E-state index in [9.17, 15) is 22.8 Å². The zero-order chi connectivity index (χ0) is 28.3. The van der Waals surface area contributed by atoms with Gasteiger partial charge in [-0.05, 0) is 61.4 Å². The summed E-state index contributed by atoms with van der Waals surface area (Å²) < 4.78 is 45.2. The number of allylic oxidation sites excluding steroid dienone is 1. The minimum absolute atomic E-state index is 0.0208. The van der Waals surface area contributed by atoms with Crippen LogP contribution in [0.2, 0.25) is 0 Å². The third-order valence-corrected chi connectivity index (χ3v) is 8.78. The molecule has 5 nitrogen and oxygen atoms in total. The van der Waals surface area contributed by atoms with E-state index in [2.05, 4.69) is 53.6 Å². The Labute approximate surface area is 233 Å². The molecule has 2 atom stereocenters. The molecule has 1 spiro atoms. The number of ketones is 1. The summed E-state index contributed by atoms with van der Waals surface area (Å²) in [6.45, 7) is 4.03. The maximum atomic E-state index is 13.0. The number of Topliss-reactive ketones (excluding diaryl/α,β-unsaturated/α-hetero) is 1. The third kappa shape index (κ3) is 6.18. The van der Waals surface area contributed by atoms with E-state index in [1.165, 1.54) is 23.3 Å². The highest BCUT2D eigenvalue weighted by Gasteiger charge is 2.43. The van der Waals surface area contributed by atoms with Gasteiger partial charge in [0, 0.05) is 49.1 Å². The van der Waals surface area contributed by atoms with E-state index in [4.69, 9.17) is 4.74 Å². The molecular weight excluding hydrogens is 517 g/mol. The van der Waals surface area contributed by atoms with E-state index in [1.807, 2.05) is 0 Å². The molecule has 1 saturated heterocycles. The Morgan fingerprint density at radius 2 is 1.85 bits per heavy atom. The molecule has 0 radical (unpaired) electrons. The monoisotopic (exact) mass is 554 g/mol. The second-order valence-corrected chi connectivity index (χ2v) is 11.4. The number of amides is 1. The lowest BCUT2D eigenvalue weighted by molar-refractivity contribution is -0.137. The van der Waals surface area contributed by atoms with Crippen molar-refractivity contribution in [2.75, 3.05) is 26.2 Å². The van der Waals surface area contributed by atoms with Crippen LogP contribution < -0.4 is 5.32 Å². The molecule has 5 rings (SSSR count). The van der Waals surface area contributed by atoms with Crippen LogP contribution in [0.15, 0.2) is 54.6 Å². The van der Waals surface area contributed by atoms with Crippen molar-refractivity contribution in [3.05, 3.63) is 76.9 Å². The van der Waals surface area contributed by atoms with Crippen molar-refractivity contribution in [1.82, 2.24) is 10.2 Å². The molecular formula is C32H37F3N2O3. The van der Waals surface area contributed by atoms with Crippen molar-refractivity contribution in [3.8, 4) is 0 Å². The summed E-state index contributed by atoms with van der Waals surface area (Å²) in [5.74, 6) is -0.815. The Morgan fingerprint density at radius 1 is 1.07 bits per heavy atom. The van der Waals surface area contributed by atoms with Gasteiger partial charge < -0.3 is 10.1 Å². The van der Waals surface area contributed by atoms with Crippen molar-refractivity contribution < 1.29 is 27.5 Å². The molecule has 1 aliphatic heterocycles. The highest BCUT2D eigenvalue weighted by molar-refractivity contribution is 5.96. The minimum atomic E-state index is -4.54. The minimum Gasteiger partial charge on any atom is -0.377 e. The molecule has 2 aromatic carbocycles. The van der Waals surface area contributed by atoms with Crippen LogP contribution in [0, 0.1) is 5.92 Å². The first-order valence-electron chi connectivity index (χ1n) is 14.3. The Morgan fingerprint density at radius 3 is 2.60 bits per heavy atom. The number of hydrogen-bond acceptors (Lipinski definition) is 4. The van der Waals surface area contributed by atoms with Crippen LogP contribution in [0.1, 0.15) is 72.5 Å². The molecule has 1 amide bonds. The van der Waals surface area contributed by atoms with E-state index in [1.54, 1.807) is 0 Å². The fourth-order valence-electron chi connectivity index (χ4n) is 6.66. The number of benzene rings is 2. The predicted octanol–water partition coefficient (Wildman–Crippen LogP) is 6.03. The number of carbonyl (C=O) groups is 2. The second-order valence-electron chi connectivity index (χ2n) is 11.4. The van der Waals surface area contributed by atoms with Crippen LogP contribution in [0.25, 0.3) is 6.08 Å². The van der Waals surface area contributed by atoms with Gasteiger partial charge >= 0.3 is 6.18 Å². The first kappa shape index (κ1) is 28.6. The number of carbonyl (C=O) groups excluding carboxylic acids is 2. The molecule has 2 aromatic rings. The molecule has 0 unspecified atom stereocenters. The average molecular weight is 555 g/mol. The predicted molar refractivity (Wildman–Crippen MR) is 148 cm³/mol. The molecule has 1 N–H and O–H groups in total. The Kier molecular flexibility index (Phi) is 8.47. The van der Waals surface area contributed by atoms with E-state index < -0.39 is 17.6 Å². The summed E-state index contributed by atoms with van der Waals surface area (Å²) in [5.41, 5.74) is 1.89. The van der Waals surface area contributed by atoms with Gasteiger partial charge in [-0.2, -0.15) is 13.2 Å². The number of nitrogens with one attached hydrogen (secondary N) is 1. The van der Waals surface area contributed by atoms with Crippen LogP contribution in [-0.4, -0.2) is 55.0 Å². The summed E-state index contributed by atoms with van der Waals surface area (Å²) in [6, 6.07) is 13.3. The SMILES string of the molecule is CCCO[C@H]1CN(C2CCC3(C=Cc4ccccc43)CC2)C[C@@H]1CC(=O)CNC(=O)c1cccc(C(F)(F)F)c1. The number of nitrogens with zero attached hydrogens (tertiary/aromatic N) is 1. The molecule has 0 aromatic heterocycles. The fraction of sp³-hybridized carbons (Fsp3) is 0.500. The quantitative estimate of drug-likeness (QED) is 0.411. The average Bonchev–Trinajstić information content (AvgIpc) is 3.52. The zero-order valence-corrected chi connectivity index (χ0v) is 22.9. The standard InChI is InChI=1S/C32H37F3N2O3/c1-2-16-40-29-21-37(26-11-14-31(15-12-26)13-10-22-6-3-4-9-28(22)31)20-24(29)18-27(38)19-36-30(39)23-7-5-8-25(17-23)32(33,34)35/h3-10,13,17,24,26,29H,2,11-12,14-16,18-21H2,1H3,(H,36,39)/t24-,26?,29-,31?/m0/s1. The molecule has 3 aliphatic rings. The lowest BCUT2D eigenvalue weighted by Crippen LogP contribution is -2.41. The van der Waals surface area contributed by atoms with E-state index >= 15 is 0 Å². The maximum absolute atomic E-state index is 13.0.